The van der Waals surface area contributed by atoms with E-state index in [-0.39, 0.29) is 5.91 Å². The van der Waals surface area contributed by atoms with Crippen LogP contribution in [0.2, 0.25) is 0 Å². The second-order valence-corrected chi connectivity index (χ2v) is 4.06. The molecule has 2 aromatic rings. The molecule has 0 aliphatic carbocycles. The molecule has 2 rings (SSSR count). The molecular weight excluding hydrogens is 256 g/mol. The summed E-state index contributed by atoms with van der Waals surface area (Å²) in [6, 6.07) is 10.6. The van der Waals surface area contributed by atoms with Crippen molar-refractivity contribution in [2.24, 2.45) is 0 Å². The highest BCUT2D eigenvalue weighted by Gasteiger charge is 2.05. The Kier molecular flexibility index (Phi) is 5.08. The first-order valence-corrected chi connectivity index (χ1v) is 6.23. The van der Waals surface area contributed by atoms with E-state index in [0.29, 0.717) is 30.2 Å². The second-order valence-electron chi connectivity index (χ2n) is 4.06. The van der Waals surface area contributed by atoms with Crippen molar-refractivity contribution in [1.82, 2.24) is 4.98 Å². The van der Waals surface area contributed by atoms with Gasteiger partial charge in [-0.15, -0.1) is 0 Å². The van der Waals surface area contributed by atoms with Crippen molar-refractivity contribution in [3.63, 3.8) is 0 Å². The number of carbonyl (C=O) groups is 1. The molecule has 1 heterocycles. The van der Waals surface area contributed by atoms with E-state index >= 15 is 0 Å². The van der Waals surface area contributed by atoms with Gasteiger partial charge in [-0.25, -0.2) is 0 Å². The number of rotatable bonds is 6. The molecule has 0 aliphatic rings. The Bertz CT molecular complexity index is 558. The average Bonchev–Trinajstić information content (AvgIpc) is 2.49. The molecule has 0 fully saturated rings. The van der Waals surface area contributed by atoms with Gasteiger partial charge in [0.2, 0.25) is 0 Å². The quantitative estimate of drug-likeness (QED) is 0.820. The SMILES string of the molecule is COCCOc1cccc(NC(=O)c2ccncc2)c1. The van der Waals surface area contributed by atoms with Crippen LogP contribution in [0.25, 0.3) is 0 Å². The first-order valence-electron chi connectivity index (χ1n) is 6.23. The molecule has 20 heavy (non-hydrogen) atoms. The summed E-state index contributed by atoms with van der Waals surface area (Å²) in [5.41, 5.74) is 1.24. The summed E-state index contributed by atoms with van der Waals surface area (Å²) >= 11 is 0. The van der Waals surface area contributed by atoms with E-state index in [4.69, 9.17) is 9.47 Å². The van der Waals surface area contributed by atoms with E-state index in [9.17, 15) is 4.79 Å². The molecule has 0 saturated heterocycles. The topological polar surface area (TPSA) is 60.5 Å². The molecular formula is C15H16N2O3. The molecule has 1 N–H and O–H groups in total. The van der Waals surface area contributed by atoms with Crippen LogP contribution in [0.5, 0.6) is 5.75 Å². The highest BCUT2D eigenvalue weighted by Crippen LogP contribution is 2.18. The normalized spacial score (nSPS) is 10.1. The summed E-state index contributed by atoms with van der Waals surface area (Å²) in [4.78, 5) is 15.9. The zero-order chi connectivity index (χ0) is 14.2. The first kappa shape index (κ1) is 14.0. The van der Waals surface area contributed by atoms with Crippen molar-refractivity contribution in [3.05, 3.63) is 54.4 Å². The van der Waals surface area contributed by atoms with Gasteiger partial charge in [0, 0.05) is 36.8 Å². The fraction of sp³-hybridized carbons (Fsp3) is 0.200. The van der Waals surface area contributed by atoms with Gasteiger partial charge in [-0.2, -0.15) is 0 Å². The number of aromatic nitrogens is 1. The van der Waals surface area contributed by atoms with Crippen molar-refractivity contribution in [3.8, 4) is 5.75 Å². The summed E-state index contributed by atoms with van der Waals surface area (Å²) in [6.07, 6.45) is 3.17. The molecule has 1 amide bonds. The summed E-state index contributed by atoms with van der Waals surface area (Å²) in [5, 5.41) is 2.81. The Morgan fingerprint density at radius 3 is 2.75 bits per heavy atom. The maximum Gasteiger partial charge on any atom is 0.255 e. The van der Waals surface area contributed by atoms with Gasteiger partial charge in [-0.05, 0) is 24.3 Å². The van der Waals surface area contributed by atoms with E-state index in [1.807, 2.05) is 18.2 Å². The Labute approximate surface area is 117 Å². The Balaban J connectivity index is 1.99. The highest BCUT2D eigenvalue weighted by atomic mass is 16.5. The van der Waals surface area contributed by atoms with E-state index in [1.165, 1.54) is 0 Å². The fourth-order valence-electron chi connectivity index (χ4n) is 1.61. The molecule has 0 unspecified atom stereocenters. The van der Waals surface area contributed by atoms with Gasteiger partial charge in [-0.1, -0.05) is 6.07 Å². The monoisotopic (exact) mass is 272 g/mol. The van der Waals surface area contributed by atoms with Crippen LogP contribution in [0.15, 0.2) is 48.8 Å². The lowest BCUT2D eigenvalue weighted by molar-refractivity contribution is 0.102. The predicted octanol–water partition coefficient (Wildman–Crippen LogP) is 2.36. The van der Waals surface area contributed by atoms with E-state index in [0.717, 1.165) is 0 Å². The number of nitrogens with zero attached hydrogens (tertiary/aromatic N) is 1. The van der Waals surface area contributed by atoms with Gasteiger partial charge in [0.1, 0.15) is 12.4 Å². The van der Waals surface area contributed by atoms with Crippen molar-refractivity contribution < 1.29 is 14.3 Å². The third kappa shape index (κ3) is 4.07. The Morgan fingerprint density at radius 2 is 2.00 bits per heavy atom. The van der Waals surface area contributed by atoms with Crippen LogP contribution in [0.4, 0.5) is 5.69 Å². The lowest BCUT2D eigenvalue weighted by atomic mass is 10.2. The Morgan fingerprint density at radius 1 is 1.20 bits per heavy atom. The van der Waals surface area contributed by atoms with Gasteiger partial charge >= 0.3 is 0 Å². The fourth-order valence-corrected chi connectivity index (χ4v) is 1.61. The minimum Gasteiger partial charge on any atom is -0.491 e. The number of benzene rings is 1. The van der Waals surface area contributed by atoms with Gasteiger partial charge in [-0.3, -0.25) is 9.78 Å². The molecule has 0 spiro atoms. The van der Waals surface area contributed by atoms with Crippen LogP contribution in [-0.4, -0.2) is 31.2 Å². The van der Waals surface area contributed by atoms with Crippen LogP contribution in [-0.2, 0) is 4.74 Å². The maximum atomic E-state index is 12.0. The number of methoxy groups -OCH3 is 1. The number of amides is 1. The van der Waals surface area contributed by atoms with Crippen LogP contribution < -0.4 is 10.1 Å². The zero-order valence-electron chi connectivity index (χ0n) is 11.2. The number of anilines is 1. The molecule has 1 aromatic carbocycles. The maximum absolute atomic E-state index is 12.0. The summed E-state index contributed by atoms with van der Waals surface area (Å²) in [5.74, 6) is 0.510. The smallest absolute Gasteiger partial charge is 0.255 e. The number of hydrogen-bond donors (Lipinski definition) is 1. The number of ether oxygens (including phenoxy) is 2. The van der Waals surface area contributed by atoms with Gasteiger partial charge in [0.25, 0.3) is 5.91 Å². The zero-order valence-corrected chi connectivity index (χ0v) is 11.2. The van der Waals surface area contributed by atoms with Crippen LogP contribution in [0, 0.1) is 0 Å². The molecule has 5 nitrogen and oxygen atoms in total. The number of pyridine rings is 1. The summed E-state index contributed by atoms with van der Waals surface area (Å²) in [6.45, 7) is 0.992. The number of carbonyl (C=O) groups excluding carboxylic acids is 1. The molecule has 0 saturated carbocycles. The summed E-state index contributed by atoms with van der Waals surface area (Å²) in [7, 11) is 1.62. The number of nitrogens with one attached hydrogen (secondary N) is 1. The Hall–Kier alpha value is -2.40. The average molecular weight is 272 g/mol. The molecule has 5 heteroatoms. The minimum absolute atomic E-state index is 0.179. The predicted molar refractivity (Wildman–Crippen MR) is 76.0 cm³/mol. The third-order valence-electron chi connectivity index (χ3n) is 2.59. The van der Waals surface area contributed by atoms with Gasteiger partial charge in [0.15, 0.2) is 0 Å². The lowest BCUT2D eigenvalue weighted by Crippen LogP contribution is -2.12. The second kappa shape index (κ2) is 7.25. The highest BCUT2D eigenvalue weighted by molar-refractivity contribution is 6.04. The molecule has 104 valence electrons. The molecule has 0 radical (unpaired) electrons. The molecule has 0 aliphatic heterocycles. The molecule has 0 atom stereocenters. The minimum atomic E-state index is -0.179. The van der Waals surface area contributed by atoms with E-state index in [2.05, 4.69) is 10.3 Å². The van der Waals surface area contributed by atoms with Crippen LogP contribution in [0.1, 0.15) is 10.4 Å². The van der Waals surface area contributed by atoms with Crippen LogP contribution >= 0.6 is 0 Å². The molecule has 1 aromatic heterocycles. The van der Waals surface area contributed by atoms with Crippen molar-refractivity contribution in [1.29, 1.82) is 0 Å². The van der Waals surface area contributed by atoms with Gasteiger partial charge < -0.3 is 14.8 Å². The van der Waals surface area contributed by atoms with E-state index in [1.54, 1.807) is 37.7 Å². The summed E-state index contributed by atoms with van der Waals surface area (Å²) < 4.78 is 10.4. The largest absolute Gasteiger partial charge is 0.491 e. The van der Waals surface area contributed by atoms with Crippen molar-refractivity contribution in [2.45, 2.75) is 0 Å². The van der Waals surface area contributed by atoms with Crippen LogP contribution in [0.3, 0.4) is 0 Å². The van der Waals surface area contributed by atoms with Gasteiger partial charge in [0.05, 0.1) is 6.61 Å². The first-order chi connectivity index (χ1) is 9.79. The van der Waals surface area contributed by atoms with Crippen molar-refractivity contribution >= 4 is 11.6 Å². The third-order valence-corrected chi connectivity index (χ3v) is 2.59. The number of hydrogen-bond acceptors (Lipinski definition) is 4. The molecule has 0 bridgehead atoms. The lowest BCUT2D eigenvalue weighted by Gasteiger charge is -2.09. The van der Waals surface area contributed by atoms with Crippen molar-refractivity contribution in [2.75, 3.05) is 25.6 Å². The standard InChI is InChI=1S/C15H16N2O3/c1-19-9-10-20-14-4-2-3-13(11-14)17-15(18)12-5-7-16-8-6-12/h2-8,11H,9-10H2,1H3,(H,17,18). The van der Waals surface area contributed by atoms with E-state index < -0.39 is 0 Å².